The summed E-state index contributed by atoms with van der Waals surface area (Å²) in [5, 5.41) is 0. The summed E-state index contributed by atoms with van der Waals surface area (Å²) in [5.41, 5.74) is 2.28. The number of hydrogen-bond acceptors (Lipinski definition) is 7. The first kappa shape index (κ1) is 35.4. The van der Waals surface area contributed by atoms with E-state index in [0.717, 1.165) is 60.5 Å². The smallest absolute Gasteiger partial charge is 0.343 e. The minimum atomic E-state index is -0.663. The Morgan fingerprint density at radius 1 is 0.596 bits per heavy atom. The van der Waals surface area contributed by atoms with Gasteiger partial charge in [-0.05, 0) is 66.4 Å². The van der Waals surface area contributed by atoms with Gasteiger partial charge in [0.1, 0.15) is 18.0 Å². The van der Waals surface area contributed by atoms with E-state index in [1.165, 1.54) is 63.1 Å². The Balaban J connectivity index is 1.24. The highest BCUT2D eigenvalue weighted by molar-refractivity contribution is 6.22. The second kappa shape index (κ2) is 18.6. The lowest BCUT2D eigenvalue weighted by Crippen LogP contribution is -2.35. The van der Waals surface area contributed by atoms with Crippen molar-refractivity contribution >= 4 is 23.8 Å². The van der Waals surface area contributed by atoms with Crippen LogP contribution in [0, 0.1) is 0 Å². The molecule has 1 heterocycles. The van der Waals surface area contributed by atoms with Crippen molar-refractivity contribution in [3.63, 3.8) is 0 Å². The number of unbranched alkanes of at least 4 members (excludes halogenated alkanes) is 10. The highest BCUT2D eigenvalue weighted by Crippen LogP contribution is 2.27. The topological polar surface area (TPSA) is 99.2 Å². The molecule has 0 unspecified atom stereocenters. The number of rotatable bonds is 20. The number of fused-ring (bicyclic) bond motifs is 1. The molecule has 0 saturated carbocycles. The summed E-state index contributed by atoms with van der Waals surface area (Å²) in [6.45, 7) is 4.83. The van der Waals surface area contributed by atoms with Crippen molar-refractivity contribution in [3.8, 4) is 22.6 Å². The van der Waals surface area contributed by atoms with Gasteiger partial charge < -0.3 is 14.2 Å². The van der Waals surface area contributed by atoms with E-state index in [9.17, 15) is 19.2 Å². The number of hydrogen-bond donors (Lipinski definition) is 0. The lowest BCUT2D eigenvalue weighted by Gasteiger charge is -2.13. The van der Waals surface area contributed by atoms with E-state index in [0.29, 0.717) is 5.75 Å². The van der Waals surface area contributed by atoms with Crippen LogP contribution in [0.2, 0.25) is 0 Å². The molecule has 0 bridgehead atoms. The van der Waals surface area contributed by atoms with Gasteiger partial charge in [0.25, 0.3) is 11.8 Å². The van der Waals surface area contributed by atoms with Crippen LogP contribution in [0.4, 0.5) is 0 Å². The molecule has 3 aromatic carbocycles. The summed E-state index contributed by atoms with van der Waals surface area (Å²) >= 11 is 0. The third-order valence-corrected chi connectivity index (χ3v) is 8.27. The van der Waals surface area contributed by atoms with Crippen LogP contribution in [0.1, 0.15) is 122 Å². The summed E-state index contributed by atoms with van der Waals surface area (Å²) in [6, 6.07) is 19.3. The van der Waals surface area contributed by atoms with Crippen LogP contribution >= 0.6 is 0 Å². The van der Waals surface area contributed by atoms with Gasteiger partial charge in [-0.2, -0.15) is 0 Å². The van der Waals surface area contributed by atoms with E-state index in [1.807, 2.05) is 36.4 Å². The molecule has 2 amide bonds. The summed E-state index contributed by atoms with van der Waals surface area (Å²) < 4.78 is 16.7. The first-order valence-corrected chi connectivity index (χ1v) is 17.1. The zero-order valence-electron chi connectivity index (χ0n) is 27.8. The first-order chi connectivity index (χ1) is 22.9. The van der Waals surface area contributed by atoms with Crippen LogP contribution in [0.15, 0.2) is 66.7 Å². The van der Waals surface area contributed by atoms with Crippen LogP contribution in [0.5, 0.6) is 11.5 Å². The molecule has 0 atom stereocenters. The standard InChI is InChI=1S/C39H47NO7/c1-3-5-7-9-10-11-12-14-25-45-32-20-15-29(16-21-32)30-17-22-33(23-18-30)47-39(44)31-19-24-34-35(27-31)38(43)40(37(34)42)28-36(41)46-26-13-8-6-4-2/h15-24,27H,3-14,25-26,28H2,1-2H3. The van der Waals surface area contributed by atoms with Gasteiger partial charge >= 0.3 is 11.9 Å². The number of carbonyl (C=O) groups excluding carboxylic acids is 4. The normalized spacial score (nSPS) is 12.3. The van der Waals surface area contributed by atoms with Gasteiger partial charge in [-0.3, -0.25) is 19.3 Å². The van der Waals surface area contributed by atoms with Crippen molar-refractivity contribution in [2.24, 2.45) is 0 Å². The second-order valence-corrected chi connectivity index (χ2v) is 12.0. The molecule has 0 N–H and O–H groups in total. The maximum absolute atomic E-state index is 12.9. The van der Waals surface area contributed by atoms with Crippen molar-refractivity contribution in [3.05, 3.63) is 83.4 Å². The van der Waals surface area contributed by atoms with Gasteiger partial charge in [-0.15, -0.1) is 0 Å². The van der Waals surface area contributed by atoms with Crippen LogP contribution < -0.4 is 9.47 Å². The zero-order valence-corrected chi connectivity index (χ0v) is 27.8. The Morgan fingerprint density at radius 2 is 1.13 bits per heavy atom. The second-order valence-electron chi connectivity index (χ2n) is 12.0. The van der Waals surface area contributed by atoms with Crippen molar-refractivity contribution < 1.29 is 33.4 Å². The molecule has 8 heteroatoms. The molecular weight excluding hydrogens is 594 g/mol. The molecule has 250 valence electrons. The van der Waals surface area contributed by atoms with Gasteiger partial charge in [0.05, 0.1) is 29.9 Å². The quantitative estimate of drug-likeness (QED) is 0.0526. The van der Waals surface area contributed by atoms with Crippen molar-refractivity contribution in [2.75, 3.05) is 19.8 Å². The van der Waals surface area contributed by atoms with Crippen molar-refractivity contribution in [1.29, 1.82) is 0 Å². The molecule has 0 radical (unpaired) electrons. The Bertz CT molecular complexity index is 1480. The van der Waals surface area contributed by atoms with Crippen molar-refractivity contribution in [2.45, 2.75) is 90.9 Å². The fourth-order valence-electron chi connectivity index (χ4n) is 5.50. The maximum Gasteiger partial charge on any atom is 0.343 e. The minimum absolute atomic E-state index is 0.0563. The number of imide groups is 1. The number of nitrogens with zero attached hydrogens (tertiary/aromatic N) is 1. The molecule has 1 aliphatic heterocycles. The molecule has 3 aromatic rings. The Labute approximate surface area is 278 Å². The molecular formula is C39H47NO7. The van der Waals surface area contributed by atoms with E-state index in [4.69, 9.17) is 14.2 Å². The fraction of sp³-hybridized carbons (Fsp3) is 0.436. The number of benzene rings is 3. The van der Waals surface area contributed by atoms with E-state index in [1.54, 1.807) is 12.1 Å². The molecule has 0 saturated heterocycles. The van der Waals surface area contributed by atoms with Gasteiger partial charge in [0.15, 0.2) is 0 Å². The average molecular weight is 642 g/mol. The highest BCUT2D eigenvalue weighted by Gasteiger charge is 2.37. The monoisotopic (exact) mass is 641 g/mol. The molecule has 0 fully saturated rings. The zero-order chi connectivity index (χ0) is 33.4. The fourth-order valence-corrected chi connectivity index (χ4v) is 5.50. The average Bonchev–Trinajstić information content (AvgIpc) is 3.32. The van der Waals surface area contributed by atoms with Gasteiger partial charge in [-0.1, -0.05) is 102 Å². The van der Waals surface area contributed by atoms with Gasteiger partial charge in [-0.25, -0.2) is 4.79 Å². The molecule has 4 rings (SSSR count). The molecule has 0 spiro atoms. The highest BCUT2D eigenvalue weighted by atomic mass is 16.5. The van der Waals surface area contributed by atoms with Crippen molar-refractivity contribution in [1.82, 2.24) is 4.90 Å². The van der Waals surface area contributed by atoms with Crippen LogP contribution in [-0.2, 0) is 9.53 Å². The van der Waals surface area contributed by atoms with E-state index < -0.39 is 30.3 Å². The van der Waals surface area contributed by atoms with Crippen LogP contribution in [-0.4, -0.2) is 48.4 Å². The largest absolute Gasteiger partial charge is 0.494 e. The van der Waals surface area contributed by atoms with E-state index in [-0.39, 0.29) is 23.3 Å². The molecule has 8 nitrogen and oxygen atoms in total. The molecule has 0 aromatic heterocycles. The minimum Gasteiger partial charge on any atom is -0.494 e. The third-order valence-electron chi connectivity index (χ3n) is 8.27. The molecule has 47 heavy (non-hydrogen) atoms. The summed E-state index contributed by atoms with van der Waals surface area (Å²) in [6.07, 6.45) is 13.9. The Hall–Kier alpha value is -4.46. The van der Waals surface area contributed by atoms with E-state index >= 15 is 0 Å². The van der Waals surface area contributed by atoms with Crippen LogP contribution in [0.3, 0.4) is 0 Å². The predicted octanol–water partition coefficient (Wildman–Crippen LogP) is 8.81. The Kier molecular flexibility index (Phi) is 14.0. The van der Waals surface area contributed by atoms with Gasteiger partial charge in [0, 0.05) is 0 Å². The first-order valence-electron chi connectivity index (χ1n) is 17.1. The van der Waals surface area contributed by atoms with Gasteiger partial charge in [0.2, 0.25) is 0 Å². The number of ether oxygens (including phenoxy) is 3. The number of esters is 2. The Morgan fingerprint density at radius 3 is 1.77 bits per heavy atom. The molecule has 0 aliphatic carbocycles. The third kappa shape index (κ3) is 10.5. The maximum atomic E-state index is 12.9. The molecule has 1 aliphatic rings. The summed E-state index contributed by atoms with van der Waals surface area (Å²) in [4.78, 5) is 51.7. The predicted molar refractivity (Wildman–Crippen MR) is 182 cm³/mol. The van der Waals surface area contributed by atoms with E-state index in [2.05, 4.69) is 13.8 Å². The summed E-state index contributed by atoms with van der Waals surface area (Å²) in [5.74, 6) is -1.35. The van der Waals surface area contributed by atoms with Crippen LogP contribution in [0.25, 0.3) is 11.1 Å². The number of carbonyl (C=O) groups is 4. The number of amides is 2. The SMILES string of the molecule is CCCCCCCCCCOc1ccc(-c2ccc(OC(=O)c3ccc4c(c3)C(=O)N(CC(=O)OCCCCCC)C4=O)cc2)cc1. The summed E-state index contributed by atoms with van der Waals surface area (Å²) in [7, 11) is 0. The lowest BCUT2D eigenvalue weighted by molar-refractivity contribution is -0.144. The lowest BCUT2D eigenvalue weighted by atomic mass is 10.1.